The van der Waals surface area contributed by atoms with Crippen molar-refractivity contribution in [1.82, 2.24) is 5.32 Å². The predicted octanol–water partition coefficient (Wildman–Crippen LogP) is 0.754. The standard InChI is InChI=1S/C18H19FN2O6S/c19-15-3-1-2-4-16(15)26-12-18(23)27-11-17(22)21-10-9-13-5-7-14(8-6-13)28(20,24)25/h1-8H,9-12H2,(H,21,22)(H2,20,24,25). The number of ether oxygens (including phenoxy) is 2. The molecule has 0 aliphatic rings. The minimum absolute atomic E-state index is 0.00445. The summed E-state index contributed by atoms with van der Waals surface area (Å²) in [4.78, 5) is 23.2. The summed E-state index contributed by atoms with van der Waals surface area (Å²) in [6, 6.07) is 11.5. The molecule has 2 aromatic carbocycles. The van der Waals surface area contributed by atoms with Crippen molar-refractivity contribution in [2.75, 3.05) is 19.8 Å². The molecule has 0 bridgehead atoms. The highest BCUT2D eigenvalue weighted by molar-refractivity contribution is 7.89. The van der Waals surface area contributed by atoms with Gasteiger partial charge in [-0.15, -0.1) is 0 Å². The average Bonchev–Trinajstić information content (AvgIpc) is 2.65. The Hall–Kier alpha value is -2.98. The molecule has 3 N–H and O–H groups in total. The maximum absolute atomic E-state index is 13.3. The van der Waals surface area contributed by atoms with Crippen molar-refractivity contribution in [3.05, 3.63) is 59.9 Å². The van der Waals surface area contributed by atoms with E-state index in [1.807, 2.05) is 0 Å². The van der Waals surface area contributed by atoms with Crippen molar-refractivity contribution in [3.63, 3.8) is 0 Å². The van der Waals surface area contributed by atoms with Crippen LogP contribution in [0.5, 0.6) is 5.75 Å². The van der Waals surface area contributed by atoms with Gasteiger partial charge in [0.15, 0.2) is 24.8 Å². The smallest absolute Gasteiger partial charge is 0.344 e. The zero-order valence-electron chi connectivity index (χ0n) is 14.8. The van der Waals surface area contributed by atoms with Gasteiger partial charge in [-0.1, -0.05) is 24.3 Å². The molecule has 10 heteroatoms. The summed E-state index contributed by atoms with van der Waals surface area (Å²) in [5.41, 5.74) is 0.794. The number of sulfonamides is 1. The number of hydrogen-bond donors (Lipinski definition) is 2. The number of esters is 1. The summed E-state index contributed by atoms with van der Waals surface area (Å²) >= 11 is 0. The SMILES string of the molecule is NS(=O)(=O)c1ccc(CCNC(=O)COC(=O)COc2ccccc2F)cc1. The fourth-order valence-electron chi connectivity index (χ4n) is 2.13. The van der Waals surface area contributed by atoms with Crippen LogP contribution in [0.3, 0.4) is 0 Å². The van der Waals surface area contributed by atoms with Gasteiger partial charge in [0.05, 0.1) is 4.90 Å². The molecule has 0 aliphatic carbocycles. The lowest BCUT2D eigenvalue weighted by atomic mass is 10.1. The number of primary sulfonamides is 1. The van der Waals surface area contributed by atoms with Crippen LogP contribution in [-0.2, 0) is 30.8 Å². The first-order chi connectivity index (χ1) is 13.3. The Bertz CT molecular complexity index is 931. The molecule has 28 heavy (non-hydrogen) atoms. The molecule has 2 aromatic rings. The van der Waals surface area contributed by atoms with Crippen LogP contribution in [0, 0.1) is 5.82 Å². The lowest BCUT2D eigenvalue weighted by molar-refractivity contribution is -0.150. The van der Waals surface area contributed by atoms with Gasteiger partial charge in [-0.05, 0) is 36.2 Å². The van der Waals surface area contributed by atoms with Gasteiger partial charge in [-0.2, -0.15) is 0 Å². The van der Waals surface area contributed by atoms with Gasteiger partial charge in [0.2, 0.25) is 10.0 Å². The van der Waals surface area contributed by atoms with Crippen LogP contribution >= 0.6 is 0 Å². The maximum Gasteiger partial charge on any atom is 0.344 e. The van der Waals surface area contributed by atoms with Crippen molar-refractivity contribution in [3.8, 4) is 5.75 Å². The second-order valence-electron chi connectivity index (χ2n) is 5.67. The molecule has 0 aromatic heterocycles. The summed E-state index contributed by atoms with van der Waals surface area (Å²) in [5, 5.41) is 7.57. The number of hydrogen-bond acceptors (Lipinski definition) is 6. The highest BCUT2D eigenvalue weighted by Crippen LogP contribution is 2.15. The van der Waals surface area contributed by atoms with Gasteiger partial charge >= 0.3 is 5.97 Å². The lowest BCUT2D eigenvalue weighted by Gasteiger charge is -2.08. The number of carbonyl (C=O) groups excluding carboxylic acids is 2. The largest absolute Gasteiger partial charge is 0.479 e. The Morgan fingerprint density at radius 2 is 1.71 bits per heavy atom. The van der Waals surface area contributed by atoms with Gasteiger partial charge < -0.3 is 14.8 Å². The van der Waals surface area contributed by atoms with E-state index < -0.39 is 40.9 Å². The molecule has 2 rings (SSSR count). The van der Waals surface area contributed by atoms with Gasteiger partial charge in [0.1, 0.15) is 0 Å². The first-order valence-electron chi connectivity index (χ1n) is 8.17. The lowest BCUT2D eigenvalue weighted by Crippen LogP contribution is -2.31. The van der Waals surface area contributed by atoms with Gasteiger partial charge in [-0.25, -0.2) is 22.7 Å². The molecule has 0 spiro atoms. The van der Waals surface area contributed by atoms with Crippen molar-refractivity contribution in [2.45, 2.75) is 11.3 Å². The highest BCUT2D eigenvalue weighted by atomic mass is 32.2. The number of benzene rings is 2. The van der Waals surface area contributed by atoms with E-state index in [4.69, 9.17) is 14.6 Å². The minimum atomic E-state index is -3.74. The summed E-state index contributed by atoms with van der Waals surface area (Å²) in [5.74, 6) is -2.01. The fraction of sp³-hybridized carbons (Fsp3) is 0.222. The van der Waals surface area contributed by atoms with E-state index in [2.05, 4.69) is 5.32 Å². The molecule has 150 valence electrons. The number of para-hydroxylation sites is 1. The number of nitrogens with two attached hydrogens (primary N) is 1. The number of carbonyl (C=O) groups is 2. The predicted molar refractivity (Wildman–Crippen MR) is 97.4 cm³/mol. The van der Waals surface area contributed by atoms with E-state index in [1.54, 1.807) is 18.2 Å². The molecule has 0 heterocycles. The minimum Gasteiger partial charge on any atom is -0.479 e. The second-order valence-corrected chi connectivity index (χ2v) is 7.23. The summed E-state index contributed by atoms with van der Waals surface area (Å²) < 4.78 is 45.4. The van der Waals surface area contributed by atoms with E-state index in [0.717, 1.165) is 5.56 Å². The van der Waals surface area contributed by atoms with Gasteiger partial charge in [0, 0.05) is 6.54 Å². The summed E-state index contributed by atoms with van der Waals surface area (Å²) in [6.45, 7) is -0.759. The molecule has 0 saturated carbocycles. The Morgan fingerprint density at radius 1 is 1.04 bits per heavy atom. The number of rotatable bonds is 9. The van der Waals surface area contributed by atoms with Crippen LogP contribution < -0.4 is 15.2 Å². The molecule has 0 radical (unpaired) electrons. The van der Waals surface area contributed by atoms with Crippen molar-refractivity contribution >= 4 is 21.9 Å². The van der Waals surface area contributed by atoms with Crippen LogP contribution in [0.2, 0.25) is 0 Å². The van der Waals surface area contributed by atoms with E-state index >= 15 is 0 Å². The van der Waals surface area contributed by atoms with Crippen molar-refractivity contribution < 1.29 is 31.9 Å². The monoisotopic (exact) mass is 410 g/mol. The van der Waals surface area contributed by atoms with Crippen LogP contribution in [0.15, 0.2) is 53.4 Å². The molecule has 0 saturated heterocycles. The van der Waals surface area contributed by atoms with Crippen LogP contribution in [0.25, 0.3) is 0 Å². The summed E-state index contributed by atoms with van der Waals surface area (Å²) in [6.07, 6.45) is 0.445. The average molecular weight is 410 g/mol. The van der Waals surface area contributed by atoms with E-state index in [0.29, 0.717) is 6.42 Å². The summed E-state index contributed by atoms with van der Waals surface area (Å²) in [7, 11) is -3.74. The third-order valence-electron chi connectivity index (χ3n) is 3.53. The normalized spacial score (nSPS) is 10.9. The molecule has 0 unspecified atom stereocenters. The van der Waals surface area contributed by atoms with E-state index in [-0.39, 0.29) is 17.2 Å². The first-order valence-corrected chi connectivity index (χ1v) is 9.72. The quantitative estimate of drug-likeness (QED) is 0.588. The fourth-order valence-corrected chi connectivity index (χ4v) is 2.64. The number of halogens is 1. The van der Waals surface area contributed by atoms with E-state index in [1.165, 1.54) is 30.3 Å². The Labute approximate surface area is 161 Å². The Kier molecular flexibility index (Phi) is 7.47. The zero-order chi connectivity index (χ0) is 20.6. The van der Waals surface area contributed by atoms with Crippen LogP contribution in [-0.4, -0.2) is 40.1 Å². The number of amides is 1. The second kappa shape index (κ2) is 9.81. The molecule has 0 aliphatic heterocycles. The molecule has 1 amide bonds. The molecule has 0 atom stereocenters. The molecular weight excluding hydrogens is 391 g/mol. The molecule has 8 nitrogen and oxygen atoms in total. The Morgan fingerprint density at radius 3 is 2.36 bits per heavy atom. The first kappa shape index (κ1) is 21.3. The molecular formula is C18H19FN2O6S. The maximum atomic E-state index is 13.3. The van der Waals surface area contributed by atoms with Gasteiger partial charge in [-0.3, -0.25) is 4.79 Å². The van der Waals surface area contributed by atoms with Crippen LogP contribution in [0.1, 0.15) is 5.56 Å². The topological polar surface area (TPSA) is 125 Å². The third kappa shape index (κ3) is 6.97. The van der Waals surface area contributed by atoms with Gasteiger partial charge in [0.25, 0.3) is 5.91 Å². The van der Waals surface area contributed by atoms with Crippen molar-refractivity contribution in [1.29, 1.82) is 0 Å². The zero-order valence-corrected chi connectivity index (χ0v) is 15.6. The Balaban J connectivity index is 1.65. The van der Waals surface area contributed by atoms with Crippen LogP contribution in [0.4, 0.5) is 4.39 Å². The highest BCUT2D eigenvalue weighted by Gasteiger charge is 2.10. The number of nitrogens with one attached hydrogen (secondary N) is 1. The van der Waals surface area contributed by atoms with Crippen molar-refractivity contribution in [2.24, 2.45) is 5.14 Å². The van der Waals surface area contributed by atoms with E-state index in [9.17, 15) is 22.4 Å². The molecule has 0 fully saturated rings. The third-order valence-corrected chi connectivity index (χ3v) is 4.46.